The summed E-state index contributed by atoms with van der Waals surface area (Å²) in [6, 6.07) is 0. The van der Waals surface area contributed by atoms with Gasteiger partial charge in [-0.05, 0) is 38.3 Å². The number of ether oxygens (including phenoxy) is 5. The van der Waals surface area contributed by atoms with Crippen LogP contribution >= 0.6 is 0 Å². The number of rotatable bonds is 15. The Labute approximate surface area is 402 Å². The number of carbonyl (C=O) groups is 6. The van der Waals surface area contributed by atoms with Crippen molar-refractivity contribution in [2.45, 2.75) is 130 Å². The van der Waals surface area contributed by atoms with Gasteiger partial charge >= 0.3 is 29.8 Å². The van der Waals surface area contributed by atoms with Crippen molar-refractivity contribution in [1.82, 2.24) is 9.97 Å². The zero-order chi connectivity index (χ0) is 50.6. The molecule has 2 aromatic heterocycles. The first kappa shape index (κ1) is 54.9. The highest BCUT2D eigenvalue weighted by molar-refractivity contribution is 5.94. The number of fused-ring (bicyclic) bond motifs is 5. The number of Topliss-reactive ketones (excluding diaryl/α,β-unsaturated/α-hetero) is 1. The number of carboxylic acids is 2. The second-order valence-electron chi connectivity index (χ2n) is 17.6. The largest absolute Gasteiger partial charge is 0.481 e. The molecule has 0 unspecified atom stereocenters. The first-order valence-corrected chi connectivity index (χ1v) is 22.8. The van der Waals surface area contributed by atoms with Crippen LogP contribution in [0.15, 0.2) is 113 Å². The highest BCUT2D eigenvalue weighted by Gasteiger charge is 2.42. The molecule has 0 aliphatic carbocycles. The zero-order valence-electron chi connectivity index (χ0n) is 40.2. The fourth-order valence-electron chi connectivity index (χ4n) is 7.26. The van der Waals surface area contributed by atoms with Crippen molar-refractivity contribution in [3.63, 3.8) is 0 Å². The minimum atomic E-state index is -1.14. The van der Waals surface area contributed by atoms with Crippen LogP contribution in [0.3, 0.4) is 0 Å². The lowest BCUT2D eigenvalue weighted by atomic mass is 9.70. The van der Waals surface area contributed by atoms with Crippen LogP contribution in [0.5, 0.6) is 0 Å². The molecule has 1 fully saturated rings. The molecule has 4 bridgehead atoms. The Morgan fingerprint density at radius 2 is 1.33 bits per heavy atom. The number of nitrogens with zero attached hydrogens (tertiary/aromatic N) is 2. The molecular weight excluding hydrogens is 893 g/mol. The van der Waals surface area contributed by atoms with Gasteiger partial charge in [0.25, 0.3) is 0 Å². The van der Waals surface area contributed by atoms with Gasteiger partial charge in [-0.1, -0.05) is 107 Å². The number of ketones is 1. The molecule has 4 rings (SSSR count). The number of hydrogen-bond donors (Lipinski definition) is 2. The van der Waals surface area contributed by atoms with E-state index >= 15 is 0 Å². The monoisotopic (exact) mass is 956 g/mol. The van der Waals surface area contributed by atoms with Crippen LogP contribution in [0.25, 0.3) is 6.08 Å². The first-order valence-electron chi connectivity index (χ1n) is 22.8. The average molecular weight is 957 g/mol. The van der Waals surface area contributed by atoms with Gasteiger partial charge in [0.1, 0.15) is 48.7 Å². The summed E-state index contributed by atoms with van der Waals surface area (Å²) in [6.45, 7) is 10.9. The van der Waals surface area contributed by atoms with Crippen LogP contribution in [0.4, 0.5) is 0 Å². The highest BCUT2D eigenvalue weighted by atomic mass is 16.6. The Kier molecular flexibility index (Phi) is 21.3. The van der Waals surface area contributed by atoms with Gasteiger partial charge in [0.05, 0.1) is 38.2 Å². The van der Waals surface area contributed by atoms with Crippen LogP contribution in [-0.2, 0) is 49.3 Å². The summed E-state index contributed by atoms with van der Waals surface area (Å²) in [5.41, 5.74) is -1.79. The fourth-order valence-corrected chi connectivity index (χ4v) is 7.26. The van der Waals surface area contributed by atoms with E-state index in [-0.39, 0.29) is 85.6 Å². The lowest BCUT2D eigenvalue weighted by Crippen LogP contribution is -2.44. The quantitative estimate of drug-likeness (QED) is 0.0733. The summed E-state index contributed by atoms with van der Waals surface area (Å²) in [6.07, 6.45) is 26.5. The Balaban J connectivity index is 1.62. The van der Waals surface area contributed by atoms with E-state index in [1.807, 2.05) is 44.2 Å². The van der Waals surface area contributed by atoms with Crippen molar-refractivity contribution >= 4 is 41.7 Å². The van der Waals surface area contributed by atoms with Crippen LogP contribution < -0.4 is 0 Å². The third-order valence-corrected chi connectivity index (χ3v) is 11.7. The molecule has 0 radical (unpaired) electrons. The van der Waals surface area contributed by atoms with Gasteiger partial charge in [-0.25, -0.2) is 14.8 Å². The number of esters is 3. The van der Waals surface area contributed by atoms with Gasteiger partial charge in [-0.15, -0.1) is 0 Å². The van der Waals surface area contributed by atoms with E-state index in [0.29, 0.717) is 6.42 Å². The Morgan fingerprint density at radius 1 is 0.725 bits per heavy atom. The first-order chi connectivity index (χ1) is 32.9. The Morgan fingerprint density at radius 3 is 1.97 bits per heavy atom. The number of aromatic nitrogens is 2. The summed E-state index contributed by atoms with van der Waals surface area (Å²) < 4.78 is 40.3. The second kappa shape index (κ2) is 26.7. The molecule has 0 saturated carbocycles. The van der Waals surface area contributed by atoms with Crippen LogP contribution in [0, 0.1) is 16.7 Å². The molecule has 372 valence electrons. The van der Waals surface area contributed by atoms with Crippen molar-refractivity contribution in [1.29, 1.82) is 0 Å². The lowest BCUT2D eigenvalue weighted by Gasteiger charge is -2.38. The van der Waals surface area contributed by atoms with Crippen molar-refractivity contribution in [2.24, 2.45) is 16.7 Å². The molecular formula is C52H64N2O15. The summed E-state index contributed by atoms with van der Waals surface area (Å²) in [4.78, 5) is 84.0. The van der Waals surface area contributed by atoms with E-state index in [4.69, 9.17) is 42.7 Å². The molecule has 4 heterocycles. The molecule has 0 amide bonds. The lowest BCUT2D eigenvalue weighted by molar-refractivity contribution is -0.158. The minimum absolute atomic E-state index is 0.0254. The smallest absolute Gasteiger partial charge is 0.360 e. The fraction of sp³-hybridized carbons (Fsp3) is 0.462. The second-order valence-corrected chi connectivity index (χ2v) is 17.6. The van der Waals surface area contributed by atoms with E-state index in [1.165, 1.54) is 19.6 Å². The number of hydrogen-bond acceptors (Lipinski definition) is 15. The predicted molar refractivity (Wildman–Crippen MR) is 252 cm³/mol. The maximum atomic E-state index is 13.8. The molecule has 2 aliphatic heterocycles. The number of carboxylic acid groups (broad SMARTS) is 2. The normalized spacial score (nSPS) is 24.7. The van der Waals surface area contributed by atoms with Gasteiger partial charge < -0.3 is 42.7 Å². The maximum Gasteiger partial charge on any atom is 0.360 e. The summed E-state index contributed by atoms with van der Waals surface area (Å²) in [5, 5.41) is 18.2. The molecule has 1 saturated heterocycles. The predicted octanol–water partition coefficient (Wildman–Crippen LogP) is 8.75. The molecule has 69 heavy (non-hydrogen) atoms. The van der Waals surface area contributed by atoms with E-state index < -0.39 is 71.5 Å². The van der Waals surface area contributed by atoms with Gasteiger partial charge in [0, 0.05) is 36.9 Å². The summed E-state index contributed by atoms with van der Waals surface area (Å²) >= 11 is 0. The van der Waals surface area contributed by atoms with E-state index in [1.54, 1.807) is 94.5 Å². The molecule has 0 aromatic carbocycles. The summed E-state index contributed by atoms with van der Waals surface area (Å²) in [7, 11) is 1.52. The standard InChI is InChI=1S/C52H64N2O15/c1-8-18-41(67-48(60)28-26-46(56)57)51(3,4)34-20-13-11-10-12-14-21-35(63-7)31-45-54-37(33-65-45)50(62)69-43(52(5,6)42(19-9-2)68-49(61)29-27-47(58)59)24-17-23-40-39(66-40)22-15-16-25-44-53-36(32-64-44)38(55)30-34/h8-19,21-23,25,32-35,39-43H,20,24,26-31H2,1-7H3,(H,56,57)(H,58,59)/b12-10-,13-11-,18-8+,19-9+,21-14+,22-15+,23-17-,25-16-/t34-,35+,39+,40-,41+,42+,43+/m1/s1. The molecule has 2 aliphatic rings. The van der Waals surface area contributed by atoms with Crippen molar-refractivity contribution in [3.8, 4) is 0 Å². The van der Waals surface area contributed by atoms with Gasteiger partial charge in [-0.3, -0.25) is 24.0 Å². The Bertz CT molecular complexity index is 2320. The number of oxazole rings is 2. The van der Waals surface area contributed by atoms with E-state index in [2.05, 4.69) is 9.97 Å². The molecule has 17 heteroatoms. The molecule has 0 spiro atoms. The number of methoxy groups -OCH3 is 1. The van der Waals surface area contributed by atoms with Gasteiger partial charge in [-0.2, -0.15) is 0 Å². The topological polar surface area (TPSA) is 244 Å². The number of aliphatic carboxylic acids is 2. The van der Waals surface area contributed by atoms with Crippen molar-refractivity contribution in [2.75, 3.05) is 7.11 Å². The van der Waals surface area contributed by atoms with Crippen LogP contribution in [0.1, 0.15) is 119 Å². The summed E-state index contributed by atoms with van der Waals surface area (Å²) in [5.74, 6) is -4.65. The highest BCUT2D eigenvalue weighted by Crippen LogP contribution is 2.40. The third-order valence-electron chi connectivity index (χ3n) is 11.7. The maximum absolute atomic E-state index is 13.8. The van der Waals surface area contributed by atoms with Crippen molar-refractivity contribution < 1.29 is 71.5 Å². The zero-order valence-corrected chi connectivity index (χ0v) is 40.2. The van der Waals surface area contributed by atoms with E-state index in [0.717, 1.165) is 0 Å². The molecule has 2 N–H and O–H groups in total. The van der Waals surface area contributed by atoms with Crippen LogP contribution in [-0.4, -0.2) is 99.5 Å². The van der Waals surface area contributed by atoms with E-state index in [9.17, 15) is 28.8 Å². The number of cyclic esters (lactones) is 1. The van der Waals surface area contributed by atoms with Crippen LogP contribution in [0.2, 0.25) is 0 Å². The Hall–Kier alpha value is -6.72. The number of allylic oxidation sites excluding steroid dienone is 9. The molecule has 7 atom stereocenters. The molecule has 17 nitrogen and oxygen atoms in total. The number of carbonyl (C=O) groups excluding carboxylic acids is 4. The molecule has 2 aromatic rings. The SMILES string of the molecule is C/C=C/[C@H](OC(=O)CCC(=O)O)C(C)(C)[C@@H]1C\C=C/C=C\C=C\[C@H](OC)Cc2nc(co2)C(=O)O[C@H](C(C)(C)[C@H](/C=C/C)OC(=O)CCC(=O)O)C/C=C\[C@H]2O[C@H]2/C=C/C=C\c2nc(co2)C(=O)C1. The minimum Gasteiger partial charge on any atom is -0.481 e. The third kappa shape index (κ3) is 17.7. The number of epoxide rings is 1. The van der Waals surface area contributed by atoms with Gasteiger partial charge in [0.15, 0.2) is 17.4 Å². The van der Waals surface area contributed by atoms with Crippen molar-refractivity contribution in [3.05, 3.63) is 127 Å². The average Bonchev–Trinajstić information content (AvgIpc) is 3.60. The van der Waals surface area contributed by atoms with Gasteiger partial charge in [0.2, 0.25) is 5.89 Å².